The van der Waals surface area contributed by atoms with Gasteiger partial charge in [0.1, 0.15) is 0 Å². The summed E-state index contributed by atoms with van der Waals surface area (Å²) >= 11 is 0. The first-order chi connectivity index (χ1) is 4.57. The molecule has 0 aromatic rings. The van der Waals surface area contributed by atoms with Gasteiger partial charge in [-0.25, -0.2) is 4.89 Å². The second-order valence-corrected chi connectivity index (χ2v) is 3.52. The maximum absolute atomic E-state index is 8.45. The van der Waals surface area contributed by atoms with Crippen LogP contribution in [0.3, 0.4) is 0 Å². The van der Waals surface area contributed by atoms with E-state index in [2.05, 4.69) is 18.7 Å². The van der Waals surface area contributed by atoms with Gasteiger partial charge in [0.2, 0.25) is 0 Å². The number of rotatable bonds is 4. The van der Waals surface area contributed by atoms with Gasteiger partial charge < -0.3 is 0 Å². The zero-order valence-corrected chi connectivity index (χ0v) is 7.29. The van der Waals surface area contributed by atoms with Crippen LogP contribution in [-0.2, 0) is 4.89 Å². The first-order valence-electron chi connectivity index (χ1n) is 3.88. The fourth-order valence-electron chi connectivity index (χ4n) is 0.902. The molecule has 0 saturated heterocycles. The van der Waals surface area contributed by atoms with Crippen molar-refractivity contribution in [1.82, 2.24) is 0 Å². The van der Waals surface area contributed by atoms with Crippen LogP contribution in [-0.4, -0.2) is 11.4 Å². The maximum atomic E-state index is 8.45. The van der Waals surface area contributed by atoms with E-state index in [0.717, 1.165) is 6.42 Å². The smallest absolute Gasteiger partial charge is 0.0952 e. The van der Waals surface area contributed by atoms with Crippen LogP contribution in [0.4, 0.5) is 0 Å². The topological polar surface area (TPSA) is 29.5 Å². The van der Waals surface area contributed by atoms with E-state index >= 15 is 0 Å². The first kappa shape index (κ1) is 9.92. The van der Waals surface area contributed by atoms with Crippen molar-refractivity contribution in [2.45, 2.75) is 40.2 Å². The van der Waals surface area contributed by atoms with Gasteiger partial charge in [-0.2, -0.15) is 0 Å². The highest BCUT2D eigenvalue weighted by Crippen LogP contribution is 2.14. The summed E-state index contributed by atoms with van der Waals surface area (Å²) in [6.45, 7) is 8.33. The van der Waals surface area contributed by atoms with E-state index in [4.69, 9.17) is 5.26 Å². The Labute approximate surface area is 63.1 Å². The Morgan fingerprint density at radius 1 is 1.20 bits per heavy atom. The van der Waals surface area contributed by atoms with Crippen molar-refractivity contribution < 1.29 is 10.1 Å². The lowest BCUT2D eigenvalue weighted by Gasteiger charge is -2.18. The zero-order chi connectivity index (χ0) is 8.15. The van der Waals surface area contributed by atoms with Gasteiger partial charge in [0, 0.05) is 0 Å². The largest absolute Gasteiger partial charge is 0.252 e. The summed E-state index contributed by atoms with van der Waals surface area (Å²) in [5.41, 5.74) is 0. The van der Waals surface area contributed by atoms with Crippen LogP contribution in [0.1, 0.15) is 34.1 Å². The summed E-state index contributed by atoms with van der Waals surface area (Å²) in [6.07, 6.45) is 0.925. The second-order valence-electron chi connectivity index (χ2n) is 3.52. The minimum atomic E-state index is -0.000000000000000444. The lowest BCUT2D eigenvalue weighted by molar-refractivity contribution is -0.290. The third-order valence-electron chi connectivity index (χ3n) is 1.58. The standard InChI is InChI=1S/C8H18O2/c1-6(2)5-8(10-9)7(3)4/h6-9H,5H2,1-4H3. The predicted octanol–water partition coefficient (Wildman–Crippen LogP) is 2.55. The zero-order valence-electron chi connectivity index (χ0n) is 7.29. The van der Waals surface area contributed by atoms with Gasteiger partial charge in [0.05, 0.1) is 6.10 Å². The molecular formula is C8H18O2. The number of hydrogen-bond acceptors (Lipinski definition) is 2. The molecule has 0 aromatic heterocycles. The van der Waals surface area contributed by atoms with Crippen LogP contribution < -0.4 is 0 Å². The average Bonchev–Trinajstić information content (AvgIpc) is 1.81. The van der Waals surface area contributed by atoms with E-state index in [9.17, 15) is 0 Å². The molecule has 0 spiro atoms. The summed E-state index contributed by atoms with van der Waals surface area (Å²) in [5, 5.41) is 8.45. The van der Waals surface area contributed by atoms with Gasteiger partial charge in [0.15, 0.2) is 0 Å². The Kier molecular flexibility index (Phi) is 4.65. The van der Waals surface area contributed by atoms with Gasteiger partial charge in [-0.15, -0.1) is 0 Å². The molecule has 62 valence electrons. The normalized spacial score (nSPS) is 14.7. The maximum Gasteiger partial charge on any atom is 0.0952 e. The summed E-state index contributed by atoms with van der Waals surface area (Å²) in [4.78, 5) is 4.32. The van der Waals surface area contributed by atoms with Crippen molar-refractivity contribution in [3.05, 3.63) is 0 Å². The van der Waals surface area contributed by atoms with E-state index in [1.165, 1.54) is 0 Å². The molecule has 0 bridgehead atoms. The highest BCUT2D eigenvalue weighted by atomic mass is 17.1. The Morgan fingerprint density at radius 3 is 1.80 bits per heavy atom. The summed E-state index contributed by atoms with van der Waals surface area (Å²) in [6, 6.07) is 0. The summed E-state index contributed by atoms with van der Waals surface area (Å²) in [7, 11) is 0. The molecule has 2 heteroatoms. The molecule has 0 aliphatic rings. The molecule has 0 saturated carbocycles. The van der Waals surface area contributed by atoms with Crippen LogP contribution in [0, 0.1) is 11.8 Å². The molecule has 1 N–H and O–H groups in total. The van der Waals surface area contributed by atoms with Crippen molar-refractivity contribution in [2.24, 2.45) is 11.8 Å². The molecule has 1 atom stereocenters. The van der Waals surface area contributed by atoms with E-state index in [-0.39, 0.29) is 6.10 Å². The van der Waals surface area contributed by atoms with Crippen molar-refractivity contribution >= 4 is 0 Å². The van der Waals surface area contributed by atoms with E-state index in [1.54, 1.807) is 0 Å². The van der Waals surface area contributed by atoms with Gasteiger partial charge in [-0.05, 0) is 18.3 Å². The molecule has 2 nitrogen and oxygen atoms in total. The van der Waals surface area contributed by atoms with Crippen LogP contribution in [0.15, 0.2) is 0 Å². The third-order valence-corrected chi connectivity index (χ3v) is 1.58. The van der Waals surface area contributed by atoms with Gasteiger partial charge in [-0.1, -0.05) is 27.7 Å². The molecule has 0 radical (unpaired) electrons. The monoisotopic (exact) mass is 146 g/mol. The fourth-order valence-corrected chi connectivity index (χ4v) is 0.902. The van der Waals surface area contributed by atoms with Crippen LogP contribution >= 0.6 is 0 Å². The average molecular weight is 146 g/mol. The highest BCUT2D eigenvalue weighted by Gasteiger charge is 2.14. The molecular weight excluding hydrogens is 128 g/mol. The number of hydrogen-bond donors (Lipinski definition) is 1. The first-order valence-corrected chi connectivity index (χ1v) is 3.88. The highest BCUT2D eigenvalue weighted by molar-refractivity contribution is 4.62. The van der Waals surface area contributed by atoms with Crippen LogP contribution in [0.2, 0.25) is 0 Å². The fraction of sp³-hybridized carbons (Fsp3) is 1.00. The molecule has 1 unspecified atom stereocenters. The quantitative estimate of drug-likeness (QED) is 0.488. The molecule has 0 aromatic carbocycles. The third kappa shape index (κ3) is 3.85. The van der Waals surface area contributed by atoms with Crippen LogP contribution in [0.25, 0.3) is 0 Å². The van der Waals surface area contributed by atoms with Crippen molar-refractivity contribution in [1.29, 1.82) is 0 Å². The van der Waals surface area contributed by atoms with Crippen molar-refractivity contribution in [3.63, 3.8) is 0 Å². The van der Waals surface area contributed by atoms with E-state index in [0.29, 0.717) is 11.8 Å². The Balaban J connectivity index is 3.60. The van der Waals surface area contributed by atoms with E-state index < -0.39 is 0 Å². The molecule has 0 heterocycles. The van der Waals surface area contributed by atoms with Crippen LogP contribution in [0.5, 0.6) is 0 Å². The Bertz CT molecular complexity index is 79.3. The van der Waals surface area contributed by atoms with Gasteiger partial charge in [-0.3, -0.25) is 5.26 Å². The molecule has 0 fully saturated rings. The van der Waals surface area contributed by atoms with Crippen molar-refractivity contribution in [3.8, 4) is 0 Å². The molecule has 10 heavy (non-hydrogen) atoms. The predicted molar refractivity (Wildman–Crippen MR) is 41.8 cm³/mol. The van der Waals surface area contributed by atoms with Crippen molar-refractivity contribution in [2.75, 3.05) is 0 Å². The Hall–Kier alpha value is -0.0800. The molecule has 0 amide bonds. The second kappa shape index (κ2) is 4.69. The Morgan fingerprint density at radius 2 is 1.70 bits per heavy atom. The molecule has 0 rings (SSSR count). The lowest BCUT2D eigenvalue weighted by atomic mass is 9.98. The SMILES string of the molecule is CC(C)CC(OO)C(C)C. The lowest BCUT2D eigenvalue weighted by Crippen LogP contribution is -2.20. The minimum Gasteiger partial charge on any atom is -0.252 e. The van der Waals surface area contributed by atoms with Gasteiger partial charge in [0.25, 0.3) is 0 Å². The summed E-state index contributed by atoms with van der Waals surface area (Å²) < 4.78 is 0. The molecule has 0 aliphatic carbocycles. The summed E-state index contributed by atoms with van der Waals surface area (Å²) in [5.74, 6) is 0.979. The molecule has 0 aliphatic heterocycles. The van der Waals surface area contributed by atoms with Gasteiger partial charge >= 0.3 is 0 Å². The minimum absolute atomic E-state index is 0.000000000000000444. The van der Waals surface area contributed by atoms with E-state index in [1.807, 2.05) is 13.8 Å².